The molecule has 116 valence electrons. The van der Waals surface area contributed by atoms with E-state index in [0.717, 1.165) is 24.2 Å². The first kappa shape index (κ1) is 19.0. The predicted octanol–water partition coefficient (Wildman–Crippen LogP) is 4.89. The van der Waals surface area contributed by atoms with Gasteiger partial charge in [-0.1, -0.05) is 39.8 Å². The van der Waals surface area contributed by atoms with Crippen molar-refractivity contribution in [1.82, 2.24) is 0 Å². The summed E-state index contributed by atoms with van der Waals surface area (Å²) < 4.78 is 5.84. The molecule has 2 heteroatoms. The average Bonchev–Trinajstić information content (AvgIpc) is 3.32. The maximum absolute atomic E-state index is 9.95. The molecule has 0 spiro atoms. The first-order valence-corrected chi connectivity index (χ1v) is 8.00. The molecule has 1 N–H and O–H groups in total. The van der Waals surface area contributed by atoms with E-state index in [1.54, 1.807) is 0 Å². The van der Waals surface area contributed by atoms with Gasteiger partial charge < -0.3 is 9.84 Å². The van der Waals surface area contributed by atoms with Crippen molar-refractivity contribution in [2.45, 2.75) is 73.5 Å². The highest BCUT2D eigenvalue weighted by molar-refractivity contribution is 5.38. The maximum atomic E-state index is 9.95. The van der Waals surface area contributed by atoms with Crippen LogP contribution in [0.1, 0.15) is 58.6 Å². The zero-order chi connectivity index (χ0) is 15.7. The van der Waals surface area contributed by atoms with Crippen LogP contribution in [0.2, 0.25) is 0 Å². The zero-order valence-corrected chi connectivity index (χ0v) is 14.2. The third-order valence-corrected chi connectivity index (χ3v) is 3.45. The van der Waals surface area contributed by atoms with Crippen LogP contribution < -0.4 is 4.74 Å². The van der Waals surface area contributed by atoms with Crippen molar-refractivity contribution in [2.75, 3.05) is 0 Å². The van der Waals surface area contributed by atoms with Gasteiger partial charge in [-0.3, -0.25) is 0 Å². The van der Waals surface area contributed by atoms with Crippen LogP contribution in [0.3, 0.4) is 0 Å². The van der Waals surface area contributed by atoms with Crippen molar-refractivity contribution in [3.05, 3.63) is 29.3 Å². The minimum Gasteiger partial charge on any atom is -0.488 e. The number of benzene rings is 1. The van der Waals surface area contributed by atoms with Crippen LogP contribution in [-0.2, 0) is 0 Å². The second-order valence-corrected chi connectivity index (χ2v) is 4.85. The van der Waals surface area contributed by atoms with Crippen molar-refractivity contribution in [2.24, 2.45) is 5.92 Å². The molecule has 2 rings (SSSR count). The highest BCUT2D eigenvalue weighted by Crippen LogP contribution is 2.35. The van der Waals surface area contributed by atoms with E-state index in [4.69, 9.17) is 4.74 Å². The van der Waals surface area contributed by atoms with Crippen molar-refractivity contribution >= 4 is 0 Å². The lowest BCUT2D eigenvalue weighted by atomic mass is 10.1. The van der Waals surface area contributed by atoms with Gasteiger partial charge in [0.25, 0.3) is 0 Å². The van der Waals surface area contributed by atoms with Gasteiger partial charge in [0.1, 0.15) is 11.9 Å². The molecule has 0 bridgehead atoms. The van der Waals surface area contributed by atoms with E-state index in [1.807, 2.05) is 46.8 Å². The third-order valence-electron chi connectivity index (χ3n) is 3.45. The zero-order valence-electron chi connectivity index (χ0n) is 14.2. The Kier molecular flexibility index (Phi) is 9.32. The molecular formula is C18H32O2. The van der Waals surface area contributed by atoms with E-state index in [-0.39, 0.29) is 12.2 Å². The minimum absolute atomic E-state index is 0.118. The molecule has 1 aliphatic carbocycles. The summed E-state index contributed by atoms with van der Waals surface area (Å²) in [4.78, 5) is 0. The molecular weight excluding hydrogens is 248 g/mol. The number of hydrogen-bond acceptors (Lipinski definition) is 2. The molecule has 0 heterocycles. The van der Waals surface area contributed by atoms with Crippen LogP contribution in [-0.4, -0.2) is 17.3 Å². The van der Waals surface area contributed by atoms with Gasteiger partial charge in [0.2, 0.25) is 0 Å². The van der Waals surface area contributed by atoms with E-state index in [0.29, 0.717) is 5.92 Å². The van der Waals surface area contributed by atoms with Gasteiger partial charge in [0.15, 0.2) is 0 Å². The molecule has 20 heavy (non-hydrogen) atoms. The fourth-order valence-electron chi connectivity index (χ4n) is 1.94. The number of aliphatic hydroxyl groups is 1. The number of hydrogen-bond donors (Lipinski definition) is 1. The van der Waals surface area contributed by atoms with Gasteiger partial charge in [-0.05, 0) is 56.7 Å². The van der Waals surface area contributed by atoms with E-state index in [9.17, 15) is 5.11 Å². The lowest BCUT2D eigenvalue weighted by Crippen LogP contribution is -2.30. The van der Waals surface area contributed by atoms with Crippen LogP contribution in [0.25, 0.3) is 0 Å². The molecule has 1 aromatic carbocycles. The smallest absolute Gasteiger partial charge is 0.123 e. The van der Waals surface area contributed by atoms with Crippen molar-refractivity contribution < 1.29 is 9.84 Å². The quantitative estimate of drug-likeness (QED) is 0.850. The summed E-state index contributed by atoms with van der Waals surface area (Å²) in [6.45, 7) is 14.1. The first-order chi connectivity index (χ1) is 9.59. The van der Waals surface area contributed by atoms with Gasteiger partial charge in [-0.15, -0.1) is 0 Å². The molecule has 0 amide bonds. The summed E-state index contributed by atoms with van der Waals surface area (Å²) in [5.74, 6) is 1.35. The van der Waals surface area contributed by atoms with Crippen LogP contribution >= 0.6 is 0 Å². The van der Waals surface area contributed by atoms with E-state index in [2.05, 4.69) is 19.9 Å². The molecule has 2 nitrogen and oxygen atoms in total. The molecule has 1 aromatic rings. The van der Waals surface area contributed by atoms with Gasteiger partial charge in [-0.2, -0.15) is 0 Å². The summed E-state index contributed by atoms with van der Waals surface area (Å²) in [5.41, 5.74) is 2.39. The minimum atomic E-state index is -0.320. The van der Waals surface area contributed by atoms with Crippen molar-refractivity contribution in [3.63, 3.8) is 0 Å². The Morgan fingerprint density at radius 3 is 2.15 bits per heavy atom. The molecule has 0 saturated heterocycles. The van der Waals surface area contributed by atoms with Crippen molar-refractivity contribution in [3.8, 4) is 5.75 Å². The molecule has 0 aliphatic heterocycles. The van der Waals surface area contributed by atoms with Gasteiger partial charge in [0, 0.05) is 0 Å². The summed E-state index contributed by atoms with van der Waals surface area (Å²) >= 11 is 0. The van der Waals surface area contributed by atoms with Crippen LogP contribution in [0, 0.1) is 19.8 Å². The first-order valence-electron chi connectivity index (χ1n) is 8.00. The lowest BCUT2D eigenvalue weighted by molar-refractivity contribution is 0.0322. The second kappa shape index (κ2) is 9.82. The molecule has 2 unspecified atom stereocenters. The van der Waals surface area contributed by atoms with Crippen LogP contribution in [0.5, 0.6) is 5.75 Å². The highest BCUT2D eigenvalue weighted by Gasteiger charge is 2.34. The molecule has 1 aliphatic rings. The molecule has 1 fully saturated rings. The van der Waals surface area contributed by atoms with Gasteiger partial charge in [-0.25, -0.2) is 0 Å². The summed E-state index contributed by atoms with van der Waals surface area (Å²) in [5, 5.41) is 9.95. The van der Waals surface area contributed by atoms with Crippen LogP contribution in [0.15, 0.2) is 18.2 Å². The SMILES string of the molecule is CC.CC.Cc1cccc(OC(C)C(O)C2CC2)c1C. The van der Waals surface area contributed by atoms with E-state index < -0.39 is 0 Å². The summed E-state index contributed by atoms with van der Waals surface area (Å²) in [7, 11) is 0. The molecule has 2 atom stereocenters. The lowest BCUT2D eigenvalue weighted by Gasteiger charge is -2.21. The third kappa shape index (κ3) is 5.54. The van der Waals surface area contributed by atoms with E-state index in [1.165, 1.54) is 5.56 Å². The number of ether oxygens (including phenoxy) is 1. The van der Waals surface area contributed by atoms with Gasteiger partial charge >= 0.3 is 0 Å². The Balaban J connectivity index is 0.000000829. The highest BCUT2D eigenvalue weighted by atomic mass is 16.5. The molecule has 1 saturated carbocycles. The maximum Gasteiger partial charge on any atom is 0.123 e. The Hall–Kier alpha value is -1.02. The van der Waals surface area contributed by atoms with Gasteiger partial charge in [0.05, 0.1) is 6.10 Å². The fraction of sp³-hybridized carbons (Fsp3) is 0.667. The summed E-state index contributed by atoms with van der Waals surface area (Å²) in [6, 6.07) is 6.04. The van der Waals surface area contributed by atoms with Crippen LogP contribution in [0.4, 0.5) is 0 Å². The standard InChI is InChI=1S/C14H20O2.2C2H6/c1-9-5-4-6-13(10(9)2)16-11(3)14(15)12-7-8-12;2*1-2/h4-6,11-12,14-15H,7-8H2,1-3H3;2*1-2H3. The number of rotatable bonds is 4. The second-order valence-electron chi connectivity index (χ2n) is 4.85. The normalized spacial score (nSPS) is 16.0. The Bertz CT molecular complexity index is 370. The largest absolute Gasteiger partial charge is 0.488 e. The van der Waals surface area contributed by atoms with E-state index >= 15 is 0 Å². The molecule has 0 radical (unpaired) electrons. The topological polar surface area (TPSA) is 29.5 Å². The Morgan fingerprint density at radius 1 is 1.10 bits per heavy atom. The number of aliphatic hydroxyl groups excluding tert-OH is 1. The Labute approximate surface area is 125 Å². The molecule has 0 aromatic heterocycles. The fourth-order valence-corrected chi connectivity index (χ4v) is 1.94. The predicted molar refractivity (Wildman–Crippen MR) is 87.4 cm³/mol. The average molecular weight is 280 g/mol. The summed E-state index contributed by atoms with van der Waals surface area (Å²) in [6.07, 6.45) is 1.84. The monoisotopic (exact) mass is 280 g/mol. The Morgan fingerprint density at radius 2 is 1.65 bits per heavy atom. The number of aryl methyl sites for hydroxylation is 1. The van der Waals surface area contributed by atoms with Crippen molar-refractivity contribution in [1.29, 1.82) is 0 Å².